The summed E-state index contributed by atoms with van der Waals surface area (Å²) in [6.45, 7) is 0. The Morgan fingerprint density at radius 3 is 1.75 bits per heavy atom. The molecule has 0 aliphatic carbocycles. The quantitative estimate of drug-likeness (QED) is 0.392. The fourth-order valence-electron chi connectivity index (χ4n) is 2.23. The van der Waals surface area contributed by atoms with E-state index in [1.807, 2.05) is 0 Å². The fourth-order valence-corrected chi connectivity index (χ4v) is 2.23. The average molecular weight is 374 g/mol. The molecular weight excluding hydrogens is 356 g/mol. The highest BCUT2D eigenvalue weighted by Crippen LogP contribution is 2.11. The molecular formula is C21H18N4O3. The topological polar surface area (TPSA) is 106 Å². The Kier molecular flexibility index (Phi) is 5.99. The second-order valence-electron chi connectivity index (χ2n) is 5.83. The number of nitrogens with zero attached hydrogens (tertiary/aromatic N) is 2. The van der Waals surface area contributed by atoms with E-state index in [1.165, 1.54) is 6.21 Å². The number of hydrazone groups is 2. The fraction of sp³-hybridized carbons (Fsp3) is 0. The molecule has 0 atom stereocenters. The summed E-state index contributed by atoms with van der Waals surface area (Å²) in [6.07, 6.45) is 3.11. The summed E-state index contributed by atoms with van der Waals surface area (Å²) < 4.78 is 0. The minimum absolute atomic E-state index is 0.169. The van der Waals surface area contributed by atoms with Crippen LogP contribution < -0.4 is 10.9 Å². The van der Waals surface area contributed by atoms with Crippen molar-refractivity contribution in [3.63, 3.8) is 0 Å². The van der Waals surface area contributed by atoms with Gasteiger partial charge in [-0.2, -0.15) is 10.2 Å². The van der Waals surface area contributed by atoms with Gasteiger partial charge in [0.15, 0.2) is 0 Å². The number of amides is 1. The van der Waals surface area contributed by atoms with Gasteiger partial charge in [-0.25, -0.2) is 5.43 Å². The molecule has 3 aromatic carbocycles. The second-order valence-corrected chi connectivity index (χ2v) is 5.83. The minimum Gasteiger partial charge on any atom is -0.508 e. The number of hydrogen-bond acceptors (Lipinski definition) is 6. The Morgan fingerprint density at radius 1 is 0.714 bits per heavy atom. The monoisotopic (exact) mass is 374 g/mol. The Labute approximate surface area is 161 Å². The zero-order valence-electron chi connectivity index (χ0n) is 14.8. The van der Waals surface area contributed by atoms with Crippen molar-refractivity contribution in [2.75, 3.05) is 5.43 Å². The summed E-state index contributed by atoms with van der Waals surface area (Å²) in [5.41, 5.74) is 8.09. The van der Waals surface area contributed by atoms with Crippen molar-refractivity contribution in [1.82, 2.24) is 5.43 Å². The van der Waals surface area contributed by atoms with E-state index in [2.05, 4.69) is 21.1 Å². The van der Waals surface area contributed by atoms with Crippen LogP contribution in [0.15, 0.2) is 83.0 Å². The van der Waals surface area contributed by atoms with Crippen LogP contribution in [0.5, 0.6) is 11.5 Å². The number of anilines is 1. The summed E-state index contributed by atoms with van der Waals surface area (Å²) in [5.74, 6) is 0.0304. The largest absolute Gasteiger partial charge is 0.508 e. The molecule has 0 fully saturated rings. The molecule has 0 bridgehead atoms. The van der Waals surface area contributed by atoms with Crippen molar-refractivity contribution < 1.29 is 15.0 Å². The smallest absolute Gasteiger partial charge is 0.271 e. The minimum atomic E-state index is -0.339. The summed E-state index contributed by atoms with van der Waals surface area (Å²) in [7, 11) is 0. The van der Waals surface area contributed by atoms with Crippen molar-refractivity contribution in [3.05, 3.63) is 89.5 Å². The van der Waals surface area contributed by atoms with Gasteiger partial charge in [-0.15, -0.1) is 0 Å². The number of phenols is 2. The van der Waals surface area contributed by atoms with E-state index in [-0.39, 0.29) is 17.4 Å². The van der Waals surface area contributed by atoms with Crippen molar-refractivity contribution in [2.45, 2.75) is 0 Å². The van der Waals surface area contributed by atoms with Crippen LogP contribution in [0.2, 0.25) is 0 Å². The van der Waals surface area contributed by atoms with Crippen LogP contribution in [-0.2, 0) is 0 Å². The zero-order chi connectivity index (χ0) is 19.8. The first-order chi connectivity index (χ1) is 13.6. The van der Waals surface area contributed by atoms with E-state index in [9.17, 15) is 15.0 Å². The molecule has 3 rings (SSSR count). The number of aromatic hydroxyl groups is 2. The second kappa shape index (κ2) is 9.00. The maximum absolute atomic E-state index is 12.1. The third kappa shape index (κ3) is 5.43. The van der Waals surface area contributed by atoms with Gasteiger partial charge in [-0.05, 0) is 83.9 Å². The number of benzene rings is 3. The Balaban J connectivity index is 1.52. The zero-order valence-corrected chi connectivity index (χ0v) is 14.8. The number of carbonyl (C=O) groups excluding carboxylic acids is 1. The van der Waals surface area contributed by atoms with Crippen LogP contribution in [0, 0.1) is 0 Å². The van der Waals surface area contributed by atoms with Crippen molar-refractivity contribution in [3.8, 4) is 11.5 Å². The van der Waals surface area contributed by atoms with Crippen LogP contribution in [0.4, 0.5) is 5.69 Å². The van der Waals surface area contributed by atoms with Gasteiger partial charge in [0, 0.05) is 5.56 Å². The Hall–Kier alpha value is -4.13. The average Bonchev–Trinajstić information content (AvgIpc) is 2.71. The molecule has 0 saturated carbocycles. The summed E-state index contributed by atoms with van der Waals surface area (Å²) >= 11 is 0. The van der Waals surface area contributed by atoms with E-state index < -0.39 is 0 Å². The van der Waals surface area contributed by atoms with Gasteiger partial charge in [0.25, 0.3) is 5.91 Å². The van der Waals surface area contributed by atoms with Crippen molar-refractivity contribution in [2.24, 2.45) is 10.2 Å². The molecule has 7 heteroatoms. The molecule has 28 heavy (non-hydrogen) atoms. The predicted octanol–water partition coefficient (Wildman–Crippen LogP) is 3.31. The highest BCUT2D eigenvalue weighted by Gasteiger charge is 2.03. The van der Waals surface area contributed by atoms with E-state index in [4.69, 9.17) is 0 Å². The van der Waals surface area contributed by atoms with E-state index in [0.29, 0.717) is 5.56 Å². The molecule has 0 heterocycles. The highest BCUT2D eigenvalue weighted by molar-refractivity contribution is 5.95. The van der Waals surface area contributed by atoms with Crippen LogP contribution in [0.1, 0.15) is 21.5 Å². The lowest BCUT2D eigenvalue weighted by molar-refractivity contribution is 0.0955. The van der Waals surface area contributed by atoms with Gasteiger partial charge in [0.2, 0.25) is 0 Å². The van der Waals surface area contributed by atoms with Gasteiger partial charge in [0.1, 0.15) is 11.5 Å². The lowest BCUT2D eigenvalue weighted by atomic mass is 10.2. The molecule has 4 N–H and O–H groups in total. The van der Waals surface area contributed by atoms with Gasteiger partial charge in [-0.1, -0.05) is 0 Å². The molecule has 0 aliphatic heterocycles. The first kappa shape index (κ1) is 18.7. The first-order valence-electron chi connectivity index (χ1n) is 8.41. The Bertz CT molecular complexity index is 980. The predicted molar refractivity (Wildman–Crippen MR) is 109 cm³/mol. The Morgan fingerprint density at radius 2 is 1.21 bits per heavy atom. The highest BCUT2D eigenvalue weighted by atomic mass is 16.3. The SMILES string of the molecule is O=C(N/N=C\c1ccc(O)cc1)c1ccc(N/N=C\c2ccc(O)cc2)cc1. The molecule has 7 nitrogen and oxygen atoms in total. The molecule has 1 amide bonds. The summed E-state index contributed by atoms with van der Waals surface area (Å²) in [4.78, 5) is 12.1. The van der Waals surface area contributed by atoms with E-state index in [0.717, 1.165) is 16.8 Å². The third-order valence-corrected chi connectivity index (χ3v) is 3.72. The number of phenolic OH excluding ortho intramolecular Hbond substituents is 2. The van der Waals surface area contributed by atoms with Crippen LogP contribution in [0.25, 0.3) is 0 Å². The molecule has 0 spiro atoms. The van der Waals surface area contributed by atoms with Gasteiger partial charge in [0.05, 0.1) is 18.1 Å². The number of nitrogens with one attached hydrogen (secondary N) is 2. The standard InChI is InChI=1S/C21H18N4O3/c26-19-9-1-15(2-10-19)13-22-24-18-7-5-17(6-8-18)21(28)25-23-14-16-3-11-20(27)12-4-16/h1-14,24,26-27H,(H,25,28)/b22-13-,23-14-. The lowest BCUT2D eigenvalue weighted by Crippen LogP contribution is -2.17. The molecule has 0 saturated heterocycles. The van der Waals surface area contributed by atoms with E-state index in [1.54, 1.807) is 79.0 Å². The maximum atomic E-state index is 12.1. The van der Waals surface area contributed by atoms with Gasteiger partial charge < -0.3 is 10.2 Å². The molecule has 140 valence electrons. The lowest BCUT2D eigenvalue weighted by Gasteiger charge is -2.03. The molecule has 0 aromatic heterocycles. The van der Waals surface area contributed by atoms with Crippen LogP contribution in [-0.4, -0.2) is 28.5 Å². The van der Waals surface area contributed by atoms with Crippen LogP contribution >= 0.6 is 0 Å². The first-order valence-corrected chi connectivity index (χ1v) is 8.41. The van der Waals surface area contributed by atoms with E-state index >= 15 is 0 Å². The third-order valence-electron chi connectivity index (χ3n) is 3.72. The normalized spacial score (nSPS) is 11.0. The number of carbonyl (C=O) groups is 1. The summed E-state index contributed by atoms with van der Waals surface area (Å²) in [6, 6.07) is 19.9. The molecule has 0 aliphatic rings. The van der Waals surface area contributed by atoms with Gasteiger partial charge >= 0.3 is 0 Å². The van der Waals surface area contributed by atoms with Gasteiger partial charge in [-0.3, -0.25) is 10.2 Å². The maximum Gasteiger partial charge on any atom is 0.271 e. The van der Waals surface area contributed by atoms with Crippen molar-refractivity contribution >= 4 is 24.0 Å². The number of hydrogen-bond donors (Lipinski definition) is 4. The summed E-state index contributed by atoms with van der Waals surface area (Å²) in [5, 5.41) is 26.5. The molecule has 0 unspecified atom stereocenters. The molecule has 0 radical (unpaired) electrons. The van der Waals surface area contributed by atoms with Crippen LogP contribution in [0.3, 0.4) is 0 Å². The molecule has 3 aromatic rings. The number of rotatable bonds is 6. The van der Waals surface area contributed by atoms with Crippen molar-refractivity contribution in [1.29, 1.82) is 0 Å².